The molecule has 1 rings (SSSR count). The number of rotatable bonds is 6. The molecule has 4 heteroatoms. The molecule has 0 amide bonds. The van der Waals surface area contributed by atoms with Gasteiger partial charge in [-0.1, -0.05) is 6.07 Å². The molecule has 2 nitrogen and oxygen atoms in total. The minimum atomic E-state index is -0.811. The van der Waals surface area contributed by atoms with Crippen molar-refractivity contribution in [2.75, 3.05) is 20.3 Å². The average Bonchev–Trinajstić information content (AvgIpc) is 2.29. The molecule has 0 aliphatic rings. The number of hydrogen-bond acceptors (Lipinski definition) is 2. The summed E-state index contributed by atoms with van der Waals surface area (Å²) in [6.45, 7) is 3.13. The zero-order valence-electron chi connectivity index (χ0n) is 9.59. The average molecular weight is 229 g/mol. The second-order valence-corrected chi connectivity index (χ2v) is 3.60. The summed E-state index contributed by atoms with van der Waals surface area (Å²) in [6.07, 6.45) is 0.619. The Morgan fingerprint density at radius 2 is 2.06 bits per heavy atom. The predicted molar refractivity (Wildman–Crippen MR) is 59.4 cm³/mol. The van der Waals surface area contributed by atoms with Crippen molar-refractivity contribution >= 4 is 0 Å². The van der Waals surface area contributed by atoms with Crippen LogP contribution in [0.1, 0.15) is 12.5 Å². The Hall–Kier alpha value is -1.00. The molecular weight excluding hydrogens is 212 g/mol. The third kappa shape index (κ3) is 3.87. The molecule has 16 heavy (non-hydrogen) atoms. The molecule has 0 aliphatic heterocycles. The molecule has 90 valence electrons. The van der Waals surface area contributed by atoms with Crippen molar-refractivity contribution in [3.63, 3.8) is 0 Å². The maximum atomic E-state index is 13.0. The monoisotopic (exact) mass is 229 g/mol. The number of nitrogens with one attached hydrogen (secondary N) is 1. The van der Waals surface area contributed by atoms with E-state index in [-0.39, 0.29) is 6.04 Å². The van der Waals surface area contributed by atoms with Gasteiger partial charge in [0.05, 0.1) is 6.61 Å². The molecule has 1 N–H and O–H groups in total. The Balaban J connectivity index is 2.59. The van der Waals surface area contributed by atoms with Gasteiger partial charge in [0.15, 0.2) is 11.6 Å². The van der Waals surface area contributed by atoms with Crippen LogP contribution in [-0.2, 0) is 11.2 Å². The summed E-state index contributed by atoms with van der Waals surface area (Å²) in [6, 6.07) is 4.09. The highest BCUT2D eigenvalue weighted by Gasteiger charge is 2.09. The van der Waals surface area contributed by atoms with Crippen molar-refractivity contribution < 1.29 is 13.5 Å². The van der Waals surface area contributed by atoms with Crippen LogP contribution in [0.3, 0.4) is 0 Å². The molecule has 1 aromatic rings. The van der Waals surface area contributed by atoms with Crippen LogP contribution >= 0.6 is 0 Å². The van der Waals surface area contributed by atoms with Crippen molar-refractivity contribution in [1.82, 2.24) is 5.32 Å². The van der Waals surface area contributed by atoms with E-state index in [0.29, 0.717) is 19.6 Å². The third-order valence-electron chi connectivity index (χ3n) is 2.40. The highest BCUT2D eigenvalue weighted by atomic mass is 19.2. The highest BCUT2D eigenvalue weighted by molar-refractivity contribution is 5.18. The Morgan fingerprint density at radius 3 is 2.62 bits per heavy atom. The van der Waals surface area contributed by atoms with Gasteiger partial charge in [-0.25, -0.2) is 8.78 Å². The van der Waals surface area contributed by atoms with Crippen LogP contribution < -0.4 is 5.32 Å². The summed E-state index contributed by atoms with van der Waals surface area (Å²) in [4.78, 5) is 0. The second-order valence-electron chi connectivity index (χ2n) is 3.60. The lowest BCUT2D eigenvalue weighted by Crippen LogP contribution is -2.32. The Bertz CT molecular complexity index is 331. The van der Waals surface area contributed by atoms with E-state index in [4.69, 9.17) is 4.74 Å². The Kier molecular flexibility index (Phi) is 5.35. The molecule has 1 aromatic carbocycles. The van der Waals surface area contributed by atoms with Gasteiger partial charge in [-0.3, -0.25) is 0 Å². The number of halogens is 2. The van der Waals surface area contributed by atoms with Crippen LogP contribution in [0, 0.1) is 11.6 Å². The van der Waals surface area contributed by atoms with E-state index in [9.17, 15) is 8.78 Å². The van der Waals surface area contributed by atoms with Gasteiger partial charge in [0.25, 0.3) is 0 Å². The van der Waals surface area contributed by atoms with Gasteiger partial charge < -0.3 is 10.1 Å². The number of hydrogen-bond donors (Lipinski definition) is 1. The van der Waals surface area contributed by atoms with Crippen molar-refractivity contribution in [3.05, 3.63) is 35.4 Å². The van der Waals surface area contributed by atoms with E-state index in [2.05, 4.69) is 5.32 Å². The van der Waals surface area contributed by atoms with E-state index < -0.39 is 11.6 Å². The fourth-order valence-corrected chi connectivity index (χ4v) is 1.46. The lowest BCUT2D eigenvalue weighted by atomic mass is 10.1. The highest BCUT2D eigenvalue weighted by Crippen LogP contribution is 2.10. The van der Waals surface area contributed by atoms with Crippen molar-refractivity contribution in [2.24, 2.45) is 0 Å². The van der Waals surface area contributed by atoms with Crippen LogP contribution in [0.2, 0.25) is 0 Å². The Labute approximate surface area is 94.6 Å². The molecule has 0 spiro atoms. The van der Waals surface area contributed by atoms with Gasteiger partial charge in [-0.05, 0) is 38.1 Å². The zero-order valence-corrected chi connectivity index (χ0v) is 9.59. The second kappa shape index (κ2) is 6.55. The molecule has 0 saturated heterocycles. The first-order valence-corrected chi connectivity index (χ1v) is 5.36. The van der Waals surface area contributed by atoms with Gasteiger partial charge in [0.2, 0.25) is 0 Å². The largest absolute Gasteiger partial charge is 0.380 e. The minimum absolute atomic E-state index is 0.116. The molecular formula is C12H17F2NO. The molecule has 0 aliphatic carbocycles. The van der Waals surface area contributed by atoms with Crippen LogP contribution in [0.15, 0.2) is 18.2 Å². The fourth-order valence-electron chi connectivity index (χ4n) is 1.46. The van der Waals surface area contributed by atoms with Gasteiger partial charge in [0.1, 0.15) is 0 Å². The zero-order chi connectivity index (χ0) is 12.0. The summed E-state index contributed by atoms with van der Waals surface area (Å²) in [7, 11) is 1.82. The fraction of sp³-hybridized carbons (Fsp3) is 0.500. The lowest BCUT2D eigenvalue weighted by Gasteiger charge is -2.15. The molecule has 0 radical (unpaired) electrons. The van der Waals surface area contributed by atoms with Gasteiger partial charge in [-0.15, -0.1) is 0 Å². The van der Waals surface area contributed by atoms with E-state index in [1.807, 2.05) is 14.0 Å². The molecule has 0 saturated carbocycles. The summed E-state index contributed by atoms with van der Waals surface area (Å²) >= 11 is 0. The molecule has 0 bridgehead atoms. The first kappa shape index (κ1) is 13.1. The molecule has 0 heterocycles. The first-order chi connectivity index (χ1) is 7.67. The summed E-state index contributed by atoms with van der Waals surface area (Å²) < 4.78 is 30.9. The third-order valence-corrected chi connectivity index (χ3v) is 2.40. The first-order valence-electron chi connectivity index (χ1n) is 5.36. The van der Waals surface area contributed by atoms with Gasteiger partial charge in [-0.2, -0.15) is 0 Å². The summed E-state index contributed by atoms with van der Waals surface area (Å²) in [5.41, 5.74) is 0.762. The number of likely N-dealkylation sites (N-methyl/N-ethyl adjacent to an activating group) is 1. The van der Waals surface area contributed by atoms with Crippen LogP contribution in [-0.4, -0.2) is 26.3 Å². The molecule has 0 fully saturated rings. The molecule has 0 aromatic heterocycles. The number of benzene rings is 1. The lowest BCUT2D eigenvalue weighted by molar-refractivity contribution is 0.125. The topological polar surface area (TPSA) is 21.3 Å². The van der Waals surface area contributed by atoms with Gasteiger partial charge in [0, 0.05) is 12.6 Å². The van der Waals surface area contributed by atoms with Crippen LogP contribution in [0.5, 0.6) is 0 Å². The van der Waals surface area contributed by atoms with E-state index in [0.717, 1.165) is 11.6 Å². The van der Waals surface area contributed by atoms with E-state index >= 15 is 0 Å². The molecule has 1 unspecified atom stereocenters. The SMILES string of the molecule is CCOCC(Cc1ccc(F)c(F)c1)NC. The predicted octanol–water partition coefficient (Wildman–Crippen LogP) is 2.13. The standard InChI is InChI=1S/C12H17F2NO/c1-3-16-8-10(15-2)6-9-4-5-11(13)12(14)7-9/h4-5,7,10,15H,3,6,8H2,1-2H3. The van der Waals surface area contributed by atoms with Gasteiger partial charge >= 0.3 is 0 Å². The van der Waals surface area contributed by atoms with Crippen molar-refractivity contribution in [2.45, 2.75) is 19.4 Å². The normalized spacial score (nSPS) is 12.8. The minimum Gasteiger partial charge on any atom is -0.380 e. The van der Waals surface area contributed by atoms with Crippen molar-refractivity contribution in [3.8, 4) is 0 Å². The maximum Gasteiger partial charge on any atom is 0.159 e. The van der Waals surface area contributed by atoms with Crippen molar-refractivity contribution in [1.29, 1.82) is 0 Å². The maximum absolute atomic E-state index is 13.0. The van der Waals surface area contributed by atoms with Crippen LogP contribution in [0.25, 0.3) is 0 Å². The Morgan fingerprint density at radius 1 is 1.31 bits per heavy atom. The van der Waals surface area contributed by atoms with E-state index in [1.54, 1.807) is 6.07 Å². The van der Waals surface area contributed by atoms with E-state index in [1.165, 1.54) is 6.07 Å². The van der Waals surface area contributed by atoms with Crippen LogP contribution in [0.4, 0.5) is 8.78 Å². The number of ether oxygens (including phenoxy) is 1. The smallest absolute Gasteiger partial charge is 0.159 e. The quantitative estimate of drug-likeness (QED) is 0.807. The summed E-state index contributed by atoms with van der Waals surface area (Å²) in [5.74, 6) is -1.61. The summed E-state index contributed by atoms with van der Waals surface area (Å²) in [5, 5.41) is 3.08. The molecule has 1 atom stereocenters.